The van der Waals surface area contributed by atoms with Gasteiger partial charge in [0.25, 0.3) is 5.56 Å². The first-order chi connectivity index (χ1) is 22.3. The van der Waals surface area contributed by atoms with E-state index < -0.39 is 18.0 Å². The third-order valence-electron chi connectivity index (χ3n) is 7.79. The Bertz CT molecular complexity index is 2140. The van der Waals surface area contributed by atoms with Crippen molar-refractivity contribution in [2.45, 2.75) is 32.7 Å². The van der Waals surface area contributed by atoms with E-state index in [1.54, 1.807) is 54.0 Å². The van der Waals surface area contributed by atoms with Crippen molar-refractivity contribution in [2.75, 3.05) is 13.7 Å². The number of benzene rings is 3. The zero-order valence-corrected chi connectivity index (χ0v) is 26.7. The summed E-state index contributed by atoms with van der Waals surface area (Å²) in [5, 5.41) is 0. The van der Waals surface area contributed by atoms with Crippen LogP contribution in [0.25, 0.3) is 23.1 Å². The number of ether oxygens (including phenoxy) is 2. The maximum atomic E-state index is 14.2. The molecule has 2 aromatic heterocycles. The number of nitrogens with zero attached hydrogens (tertiary/aromatic N) is 2. The van der Waals surface area contributed by atoms with Crippen LogP contribution < -0.4 is 14.9 Å². The second kappa shape index (κ2) is 13.0. The van der Waals surface area contributed by atoms with E-state index in [2.05, 4.69) is 13.8 Å². The molecule has 0 aliphatic carbocycles. The van der Waals surface area contributed by atoms with Gasteiger partial charge in [-0.2, -0.15) is 0 Å². The maximum Gasteiger partial charge on any atom is 0.338 e. The molecule has 0 spiro atoms. The highest BCUT2D eigenvalue weighted by Crippen LogP contribution is 2.35. The smallest absolute Gasteiger partial charge is 0.338 e. The molecule has 232 valence electrons. The van der Waals surface area contributed by atoms with Gasteiger partial charge < -0.3 is 13.9 Å². The van der Waals surface area contributed by atoms with E-state index in [9.17, 15) is 14.4 Å². The number of hydrogen-bond donors (Lipinski definition) is 0. The minimum absolute atomic E-state index is 0.174. The van der Waals surface area contributed by atoms with Crippen LogP contribution in [0.4, 0.5) is 0 Å². The largest absolute Gasteiger partial charge is 0.465 e. The number of methoxy groups -OCH3 is 1. The summed E-state index contributed by atoms with van der Waals surface area (Å²) >= 11 is 1.21. The van der Waals surface area contributed by atoms with Gasteiger partial charge in [-0.15, -0.1) is 0 Å². The van der Waals surface area contributed by atoms with Crippen LogP contribution in [-0.4, -0.2) is 30.2 Å². The molecule has 0 amide bonds. The lowest BCUT2D eigenvalue weighted by Crippen LogP contribution is -2.40. The number of rotatable bonds is 8. The summed E-state index contributed by atoms with van der Waals surface area (Å²) in [5.41, 5.74) is 4.04. The zero-order chi connectivity index (χ0) is 32.4. The molecule has 9 heteroatoms. The monoisotopic (exact) mass is 632 g/mol. The highest BCUT2D eigenvalue weighted by Gasteiger charge is 2.35. The second-order valence-electron chi connectivity index (χ2n) is 11.0. The van der Waals surface area contributed by atoms with Crippen molar-refractivity contribution in [1.29, 1.82) is 0 Å². The second-order valence-corrected chi connectivity index (χ2v) is 12.0. The van der Waals surface area contributed by atoms with Crippen molar-refractivity contribution in [3.8, 4) is 11.3 Å². The zero-order valence-electron chi connectivity index (χ0n) is 25.9. The van der Waals surface area contributed by atoms with Crippen molar-refractivity contribution >= 4 is 35.0 Å². The predicted octanol–water partition coefficient (Wildman–Crippen LogP) is 6.11. The van der Waals surface area contributed by atoms with Gasteiger partial charge in [-0.05, 0) is 42.2 Å². The maximum absolute atomic E-state index is 14.2. The van der Waals surface area contributed by atoms with Gasteiger partial charge >= 0.3 is 11.9 Å². The molecule has 0 saturated heterocycles. The number of thiazole rings is 1. The first kappa shape index (κ1) is 30.7. The Labute approximate surface area is 269 Å². The van der Waals surface area contributed by atoms with E-state index in [1.165, 1.54) is 18.4 Å². The van der Waals surface area contributed by atoms with Crippen molar-refractivity contribution < 1.29 is 23.5 Å². The molecule has 5 aromatic rings. The van der Waals surface area contributed by atoms with Crippen LogP contribution in [0.1, 0.15) is 65.5 Å². The fraction of sp³-hybridized carbons (Fsp3) is 0.189. The summed E-state index contributed by atoms with van der Waals surface area (Å²) in [5.74, 6) is 0.186. The molecule has 0 N–H and O–H groups in total. The summed E-state index contributed by atoms with van der Waals surface area (Å²) in [6.07, 6.45) is 1.66. The normalized spacial score (nSPS) is 14.6. The van der Waals surface area contributed by atoms with Gasteiger partial charge in [-0.25, -0.2) is 14.6 Å². The summed E-state index contributed by atoms with van der Waals surface area (Å²) in [7, 11) is 1.33. The first-order valence-corrected chi connectivity index (χ1v) is 15.8. The summed E-state index contributed by atoms with van der Waals surface area (Å²) < 4.78 is 18.5. The molecule has 1 aliphatic rings. The fourth-order valence-electron chi connectivity index (χ4n) is 5.51. The predicted molar refractivity (Wildman–Crippen MR) is 177 cm³/mol. The number of hydrogen-bond acceptors (Lipinski definition) is 8. The molecule has 0 bridgehead atoms. The van der Waals surface area contributed by atoms with Crippen LogP contribution in [0.15, 0.2) is 111 Å². The minimum Gasteiger partial charge on any atom is -0.465 e. The molecule has 1 atom stereocenters. The Morgan fingerprint density at radius 2 is 1.67 bits per heavy atom. The Kier molecular flexibility index (Phi) is 8.68. The SMILES string of the molecule is CCOC(=O)C1=C(c2ccccc2)N=c2s/c(=C/c3ccc(-c4ccccc4C(=O)OC)o3)c(=O)n2[C@H]1c1ccc(C(C)C)cc1. The van der Waals surface area contributed by atoms with Gasteiger partial charge in [0, 0.05) is 17.2 Å². The number of fused-ring (bicyclic) bond motifs is 1. The molecular formula is C37H32N2O6S. The third-order valence-corrected chi connectivity index (χ3v) is 8.77. The average Bonchev–Trinajstić information content (AvgIpc) is 3.67. The van der Waals surface area contributed by atoms with E-state index in [1.807, 2.05) is 54.6 Å². The summed E-state index contributed by atoms with van der Waals surface area (Å²) in [4.78, 5) is 45.6. The van der Waals surface area contributed by atoms with Crippen LogP contribution in [0, 0.1) is 0 Å². The number of furan rings is 1. The van der Waals surface area contributed by atoms with Crippen molar-refractivity contribution in [3.05, 3.63) is 144 Å². The molecule has 3 aromatic carbocycles. The Balaban J connectivity index is 1.54. The van der Waals surface area contributed by atoms with Crippen LogP contribution in [0.2, 0.25) is 0 Å². The van der Waals surface area contributed by atoms with Crippen LogP contribution in [0.3, 0.4) is 0 Å². The molecule has 0 saturated carbocycles. The molecule has 1 aliphatic heterocycles. The summed E-state index contributed by atoms with van der Waals surface area (Å²) in [6.45, 7) is 6.16. The molecular weight excluding hydrogens is 600 g/mol. The van der Waals surface area contributed by atoms with E-state index in [0.29, 0.717) is 49.2 Å². The molecule has 0 radical (unpaired) electrons. The Morgan fingerprint density at radius 1 is 0.957 bits per heavy atom. The van der Waals surface area contributed by atoms with Crippen molar-refractivity contribution in [1.82, 2.24) is 4.57 Å². The van der Waals surface area contributed by atoms with Crippen LogP contribution in [-0.2, 0) is 14.3 Å². The molecule has 46 heavy (non-hydrogen) atoms. The number of carbonyl (C=O) groups is 2. The van der Waals surface area contributed by atoms with E-state index in [-0.39, 0.29) is 12.2 Å². The van der Waals surface area contributed by atoms with Crippen LogP contribution in [0.5, 0.6) is 0 Å². The Morgan fingerprint density at radius 3 is 2.37 bits per heavy atom. The van der Waals surface area contributed by atoms with Crippen LogP contribution >= 0.6 is 11.3 Å². The quantitative estimate of drug-likeness (QED) is 0.192. The highest BCUT2D eigenvalue weighted by molar-refractivity contribution is 7.07. The minimum atomic E-state index is -0.770. The lowest BCUT2D eigenvalue weighted by molar-refractivity contribution is -0.138. The van der Waals surface area contributed by atoms with E-state index >= 15 is 0 Å². The van der Waals surface area contributed by atoms with Gasteiger partial charge in [0.15, 0.2) is 4.80 Å². The van der Waals surface area contributed by atoms with Gasteiger partial charge in [0.1, 0.15) is 11.5 Å². The van der Waals surface area contributed by atoms with Crippen molar-refractivity contribution in [2.24, 2.45) is 4.99 Å². The number of aromatic nitrogens is 1. The average molecular weight is 633 g/mol. The molecule has 3 heterocycles. The van der Waals surface area contributed by atoms with Gasteiger partial charge in [0.05, 0.1) is 41.1 Å². The number of esters is 2. The third kappa shape index (κ3) is 5.77. The summed E-state index contributed by atoms with van der Waals surface area (Å²) in [6, 6.07) is 27.1. The Hall–Kier alpha value is -5.28. The molecule has 6 rings (SSSR count). The topological polar surface area (TPSA) is 100 Å². The molecule has 0 fully saturated rings. The van der Waals surface area contributed by atoms with E-state index in [4.69, 9.17) is 18.9 Å². The van der Waals surface area contributed by atoms with Gasteiger partial charge in [0.2, 0.25) is 0 Å². The van der Waals surface area contributed by atoms with Gasteiger partial charge in [-0.1, -0.05) is 98.0 Å². The lowest BCUT2D eigenvalue weighted by atomic mass is 9.91. The van der Waals surface area contributed by atoms with Gasteiger partial charge in [-0.3, -0.25) is 9.36 Å². The van der Waals surface area contributed by atoms with Crippen molar-refractivity contribution in [3.63, 3.8) is 0 Å². The highest BCUT2D eigenvalue weighted by atomic mass is 32.1. The lowest BCUT2D eigenvalue weighted by Gasteiger charge is -2.26. The number of carbonyl (C=O) groups excluding carboxylic acids is 2. The molecule has 0 unspecified atom stereocenters. The standard InChI is InChI=1S/C37H32N2O6S/c1-5-44-36(42)31-32(24-11-7-6-8-12-24)38-37-39(33(31)25-17-15-23(16-18-25)22(2)3)34(40)30(46-37)21-26-19-20-29(45-26)27-13-9-10-14-28(27)35(41)43-4/h6-22,33H,5H2,1-4H3/b30-21+/t33-/m0/s1. The fourth-order valence-corrected chi connectivity index (χ4v) is 6.49. The molecule has 8 nitrogen and oxygen atoms in total. The first-order valence-electron chi connectivity index (χ1n) is 15.0. The van der Waals surface area contributed by atoms with E-state index in [0.717, 1.165) is 16.7 Å².